The predicted octanol–water partition coefficient (Wildman–Crippen LogP) is 1.82. The molecule has 4 rings (SSSR count). The van der Waals surface area contributed by atoms with Gasteiger partial charge in [-0.25, -0.2) is 4.79 Å². The Morgan fingerprint density at radius 2 is 1.58 bits per heavy atom. The lowest BCUT2D eigenvalue weighted by molar-refractivity contribution is 0.0747. The first-order valence-electron chi connectivity index (χ1n) is 8.02. The molecule has 24 heavy (non-hydrogen) atoms. The van der Waals surface area contributed by atoms with Crippen molar-refractivity contribution < 1.29 is 4.79 Å². The van der Waals surface area contributed by atoms with Crippen LogP contribution in [0.4, 0.5) is 5.69 Å². The summed E-state index contributed by atoms with van der Waals surface area (Å²) >= 11 is 0. The molecule has 0 aliphatic carbocycles. The molecule has 0 atom stereocenters. The first-order valence-corrected chi connectivity index (χ1v) is 8.02. The summed E-state index contributed by atoms with van der Waals surface area (Å²) in [6.07, 6.45) is 0. The quantitative estimate of drug-likeness (QED) is 0.756. The van der Waals surface area contributed by atoms with Crippen molar-refractivity contribution >= 4 is 22.6 Å². The predicted molar refractivity (Wildman–Crippen MR) is 93.5 cm³/mol. The number of imidazole rings is 1. The van der Waals surface area contributed by atoms with Crippen LogP contribution in [-0.2, 0) is 0 Å². The van der Waals surface area contributed by atoms with Crippen molar-refractivity contribution in [1.29, 1.82) is 0 Å². The summed E-state index contributed by atoms with van der Waals surface area (Å²) in [5, 5.41) is 0. The lowest BCUT2D eigenvalue weighted by Gasteiger charge is -2.36. The molecule has 2 heterocycles. The first-order chi connectivity index (χ1) is 11.7. The molecule has 0 saturated carbocycles. The number of nitrogens with one attached hydrogen (secondary N) is 2. The number of anilines is 1. The number of benzene rings is 2. The third kappa shape index (κ3) is 2.67. The lowest BCUT2D eigenvalue weighted by atomic mass is 10.1. The Balaban J connectivity index is 1.48. The van der Waals surface area contributed by atoms with Crippen molar-refractivity contribution in [3.8, 4) is 0 Å². The van der Waals surface area contributed by atoms with Gasteiger partial charge < -0.3 is 19.8 Å². The van der Waals surface area contributed by atoms with E-state index in [1.54, 1.807) is 18.2 Å². The van der Waals surface area contributed by atoms with Crippen molar-refractivity contribution in [2.75, 3.05) is 31.1 Å². The highest BCUT2D eigenvalue weighted by molar-refractivity contribution is 5.97. The van der Waals surface area contributed by atoms with Gasteiger partial charge in [0.25, 0.3) is 5.91 Å². The number of H-pyrrole nitrogens is 2. The number of nitrogens with zero attached hydrogens (tertiary/aromatic N) is 2. The second-order valence-corrected chi connectivity index (χ2v) is 5.95. The molecule has 0 radical (unpaired) electrons. The van der Waals surface area contributed by atoms with E-state index in [1.807, 2.05) is 23.1 Å². The van der Waals surface area contributed by atoms with Crippen molar-refractivity contribution in [2.24, 2.45) is 0 Å². The van der Waals surface area contributed by atoms with E-state index < -0.39 is 0 Å². The van der Waals surface area contributed by atoms with Gasteiger partial charge in [-0.15, -0.1) is 0 Å². The van der Waals surface area contributed by atoms with Gasteiger partial charge in [0.2, 0.25) is 0 Å². The van der Waals surface area contributed by atoms with Gasteiger partial charge in [0.15, 0.2) is 0 Å². The maximum Gasteiger partial charge on any atom is 0.323 e. The molecule has 1 aromatic heterocycles. The third-order valence-corrected chi connectivity index (χ3v) is 4.45. The Kier molecular flexibility index (Phi) is 3.57. The Hall–Kier alpha value is -3.02. The van der Waals surface area contributed by atoms with Crippen molar-refractivity contribution in [3.63, 3.8) is 0 Å². The molecule has 0 unspecified atom stereocenters. The third-order valence-electron chi connectivity index (χ3n) is 4.45. The van der Waals surface area contributed by atoms with E-state index >= 15 is 0 Å². The average Bonchev–Trinajstić information content (AvgIpc) is 3.01. The molecule has 6 nitrogen and oxygen atoms in total. The van der Waals surface area contributed by atoms with E-state index in [2.05, 4.69) is 27.0 Å². The standard InChI is InChI=1S/C18H18N4O2/c23-17(13-6-7-15-16(12-13)20-18(24)19-15)22-10-8-21(9-11-22)14-4-2-1-3-5-14/h1-7,12H,8-11H2,(H2,19,20,24). The van der Waals surface area contributed by atoms with Crippen LogP contribution >= 0.6 is 0 Å². The van der Waals surface area contributed by atoms with Crippen LogP contribution in [0.5, 0.6) is 0 Å². The fourth-order valence-electron chi connectivity index (χ4n) is 3.15. The maximum absolute atomic E-state index is 12.7. The molecule has 6 heteroatoms. The number of para-hydroxylation sites is 1. The van der Waals surface area contributed by atoms with E-state index in [-0.39, 0.29) is 11.6 Å². The average molecular weight is 322 g/mol. The molecule has 1 aliphatic rings. The minimum atomic E-state index is -0.258. The number of aromatic nitrogens is 2. The van der Waals surface area contributed by atoms with Crippen LogP contribution in [-0.4, -0.2) is 47.0 Å². The van der Waals surface area contributed by atoms with Gasteiger partial charge in [-0.1, -0.05) is 18.2 Å². The van der Waals surface area contributed by atoms with Gasteiger partial charge in [0.05, 0.1) is 11.0 Å². The summed E-state index contributed by atoms with van der Waals surface area (Å²) < 4.78 is 0. The zero-order chi connectivity index (χ0) is 16.5. The monoisotopic (exact) mass is 322 g/mol. The molecular weight excluding hydrogens is 304 g/mol. The van der Waals surface area contributed by atoms with Gasteiger partial charge in [-0.3, -0.25) is 4.79 Å². The second-order valence-electron chi connectivity index (χ2n) is 5.95. The molecule has 1 saturated heterocycles. The summed E-state index contributed by atoms with van der Waals surface area (Å²) in [6, 6.07) is 15.5. The summed E-state index contributed by atoms with van der Waals surface area (Å²) in [5.41, 5.74) is 2.91. The van der Waals surface area contributed by atoms with Crippen LogP contribution in [0.25, 0.3) is 11.0 Å². The summed E-state index contributed by atoms with van der Waals surface area (Å²) in [7, 11) is 0. The van der Waals surface area contributed by atoms with Crippen molar-refractivity contribution in [2.45, 2.75) is 0 Å². The Bertz CT molecular complexity index is 921. The normalized spacial score (nSPS) is 15.0. The van der Waals surface area contributed by atoms with E-state index in [0.717, 1.165) is 13.1 Å². The molecule has 3 aromatic rings. The summed E-state index contributed by atoms with van der Waals surface area (Å²) in [5.74, 6) is 0.00617. The highest BCUT2D eigenvalue weighted by Crippen LogP contribution is 2.18. The smallest absolute Gasteiger partial charge is 0.323 e. The number of hydrogen-bond acceptors (Lipinski definition) is 3. The Morgan fingerprint density at radius 3 is 2.33 bits per heavy atom. The van der Waals surface area contributed by atoms with Gasteiger partial charge in [-0.2, -0.15) is 0 Å². The Morgan fingerprint density at radius 1 is 0.875 bits per heavy atom. The number of rotatable bonds is 2. The number of fused-ring (bicyclic) bond motifs is 1. The number of piperazine rings is 1. The van der Waals surface area contributed by atoms with Crippen LogP contribution in [0.3, 0.4) is 0 Å². The highest BCUT2D eigenvalue weighted by Gasteiger charge is 2.22. The number of amides is 1. The van der Waals surface area contributed by atoms with Gasteiger partial charge in [0.1, 0.15) is 0 Å². The molecular formula is C18H18N4O2. The van der Waals surface area contributed by atoms with E-state index in [0.29, 0.717) is 29.7 Å². The van der Waals surface area contributed by atoms with Crippen LogP contribution in [0, 0.1) is 0 Å². The maximum atomic E-state index is 12.7. The SMILES string of the molecule is O=C(c1ccc2[nH]c(=O)[nH]c2c1)N1CCN(c2ccccc2)CC1. The zero-order valence-electron chi connectivity index (χ0n) is 13.2. The largest absolute Gasteiger partial charge is 0.368 e. The number of carbonyl (C=O) groups is 1. The minimum Gasteiger partial charge on any atom is -0.368 e. The fourth-order valence-corrected chi connectivity index (χ4v) is 3.15. The van der Waals surface area contributed by atoms with E-state index in [4.69, 9.17) is 0 Å². The molecule has 1 aliphatic heterocycles. The molecule has 2 N–H and O–H groups in total. The molecule has 122 valence electrons. The molecule has 1 amide bonds. The van der Waals surface area contributed by atoms with E-state index in [9.17, 15) is 9.59 Å². The molecule has 0 spiro atoms. The fraction of sp³-hybridized carbons (Fsp3) is 0.222. The lowest BCUT2D eigenvalue weighted by Crippen LogP contribution is -2.48. The first kappa shape index (κ1) is 14.6. The van der Waals surface area contributed by atoms with Crippen LogP contribution in [0.2, 0.25) is 0 Å². The Labute approximate surface area is 138 Å². The van der Waals surface area contributed by atoms with Gasteiger partial charge >= 0.3 is 5.69 Å². The number of hydrogen-bond donors (Lipinski definition) is 2. The minimum absolute atomic E-state index is 0.00617. The van der Waals surface area contributed by atoms with Gasteiger partial charge in [-0.05, 0) is 30.3 Å². The molecule has 0 bridgehead atoms. The van der Waals surface area contributed by atoms with Gasteiger partial charge in [0, 0.05) is 37.4 Å². The van der Waals surface area contributed by atoms with Crippen molar-refractivity contribution in [3.05, 3.63) is 64.6 Å². The second kappa shape index (κ2) is 5.88. The molecule has 2 aromatic carbocycles. The van der Waals surface area contributed by atoms with Crippen LogP contribution < -0.4 is 10.6 Å². The van der Waals surface area contributed by atoms with E-state index in [1.165, 1.54) is 5.69 Å². The van der Waals surface area contributed by atoms with Crippen molar-refractivity contribution in [1.82, 2.24) is 14.9 Å². The summed E-state index contributed by atoms with van der Waals surface area (Å²) in [4.78, 5) is 33.6. The number of aromatic amines is 2. The van der Waals surface area contributed by atoms with Crippen LogP contribution in [0.15, 0.2) is 53.3 Å². The van der Waals surface area contributed by atoms with Crippen LogP contribution in [0.1, 0.15) is 10.4 Å². The molecule has 1 fully saturated rings. The topological polar surface area (TPSA) is 72.2 Å². The number of carbonyl (C=O) groups excluding carboxylic acids is 1. The highest BCUT2D eigenvalue weighted by atomic mass is 16.2. The summed E-state index contributed by atoms with van der Waals surface area (Å²) in [6.45, 7) is 3.02. The zero-order valence-corrected chi connectivity index (χ0v) is 13.2.